The lowest BCUT2D eigenvalue weighted by Crippen LogP contribution is -2.31. The maximum atomic E-state index is 5.96. The number of ether oxygens (including phenoxy) is 1. The zero-order valence-corrected chi connectivity index (χ0v) is 15.5. The van der Waals surface area contributed by atoms with Crippen LogP contribution in [0.2, 0.25) is 0 Å². The summed E-state index contributed by atoms with van der Waals surface area (Å²) in [4.78, 5) is 0. The van der Waals surface area contributed by atoms with E-state index in [0.29, 0.717) is 11.5 Å². The van der Waals surface area contributed by atoms with Crippen molar-refractivity contribution in [1.82, 2.24) is 0 Å². The first-order valence-corrected chi connectivity index (χ1v) is 10.3. The van der Waals surface area contributed by atoms with Gasteiger partial charge in [-0.1, -0.05) is 40.0 Å². The molecule has 0 aromatic carbocycles. The molecule has 0 amide bonds. The van der Waals surface area contributed by atoms with Crippen LogP contribution in [0.1, 0.15) is 104 Å². The second kappa shape index (κ2) is 9.30. The van der Waals surface area contributed by atoms with Crippen LogP contribution in [-0.2, 0) is 4.74 Å². The molecule has 0 saturated heterocycles. The molecule has 0 aromatic heterocycles. The second-order valence-corrected chi connectivity index (χ2v) is 8.51. The largest absolute Gasteiger partial charge is 0.378 e. The molecule has 1 nitrogen and oxygen atoms in total. The summed E-state index contributed by atoms with van der Waals surface area (Å²) in [6.07, 6.45) is 19.0. The summed E-state index contributed by atoms with van der Waals surface area (Å²) in [5, 5.41) is 0. The van der Waals surface area contributed by atoms with Gasteiger partial charge < -0.3 is 4.74 Å². The van der Waals surface area contributed by atoms with Gasteiger partial charge in [0.15, 0.2) is 0 Å². The van der Waals surface area contributed by atoms with Gasteiger partial charge in [-0.25, -0.2) is 0 Å². The predicted molar refractivity (Wildman–Crippen MR) is 96.2 cm³/mol. The molecule has 130 valence electrons. The quantitative estimate of drug-likeness (QED) is 0.451. The van der Waals surface area contributed by atoms with E-state index in [-0.39, 0.29) is 0 Å². The lowest BCUT2D eigenvalue weighted by Gasteiger charge is -2.42. The number of unbranched alkanes of at least 4 members (excludes halogenated alkanes) is 2. The van der Waals surface area contributed by atoms with Gasteiger partial charge in [-0.3, -0.25) is 0 Å². The van der Waals surface area contributed by atoms with Gasteiger partial charge in [0.05, 0.1) is 6.10 Å². The van der Waals surface area contributed by atoms with E-state index in [2.05, 4.69) is 20.8 Å². The Hall–Kier alpha value is -0.0400. The summed E-state index contributed by atoms with van der Waals surface area (Å²) >= 11 is 0. The fourth-order valence-electron chi connectivity index (χ4n) is 4.87. The van der Waals surface area contributed by atoms with Crippen LogP contribution in [0.25, 0.3) is 0 Å². The Kier molecular flexibility index (Phi) is 7.74. The summed E-state index contributed by atoms with van der Waals surface area (Å²) in [5.74, 6) is 2.05. The van der Waals surface area contributed by atoms with Crippen LogP contribution in [0.4, 0.5) is 0 Å². The van der Waals surface area contributed by atoms with Crippen LogP contribution in [0.15, 0.2) is 0 Å². The Morgan fingerprint density at radius 2 is 1.45 bits per heavy atom. The highest BCUT2D eigenvalue weighted by molar-refractivity contribution is 4.87. The molecule has 2 aliphatic rings. The summed E-state index contributed by atoms with van der Waals surface area (Å²) in [7, 11) is 0. The molecule has 0 unspecified atom stereocenters. The molecule has 0 radical (unpaired) electrons. The summed E-state index contributed by atoms with van der Waals surface area (Å²) in [6, 6.07) is 0. The molecule has 0 heterocycles. The minimum absolute atomic E-state index is 0.583. The van der Waals surface area contributed by atoms with E-state index in [0.717, 1.165) is 18.4 Å². The fourth-order valence-corrected chi connectivity index (χ4v) is 4.87. The second-order valence-electron chi connectivity index (χ2n) is 8.51. The zero-order chi connectivity index (χ0) is 15.8. The topological polar surface area (TPSA) is 9.23 Å². The van der Waals surface area contributed by atoms with Crippen molar-refractivity contribution in [3.05, 3.63) is 0 Å². The first-order chi connectivity index (χ1) is 10.7. The van der Waals surface area contributed by atoms with Crippen molar-refractivity contribution in [3.8, 4) is 0 Å². The van der Waals surface area contributed by atoms with Crippen molar-refractivity contribution >= 4 is 0 Å². The summed E-state index contributed by atoms with van der Waals surface area (Å²) < 4.78 is 5.96. The first kappa shape index (κ1) is 18.3. The van der Waals surface area contributed by atoms with Gasteiger partial charge in [-0.15, -0.1) is 0 Å². The fraction of sp³-hybridized carbons (Fsp3) is 1.00. The highest BCUT2D eigenvalue weighted by atomic mass is 16.5. The summed E-state index contributed by atoms with van der Waals surface area (Å²) in [5.41, 5.74) is 0.674. The zero-order valence-electron chi connectivity index (χ0n) is 15.5. The van der Waals surface area contributed by atoms with Gasteiger partial charge in [0.25, 0.3) is 0 Å². The third-order valence-corrected chi connectivity index (χ3v) is 6.56. The lowest BCUT2D eigenvalue weighted by molar-refractivity contribution is 0.00394. The molecule has 1 heteroatoms. The smallest absolute Gasteiger partial charge is 0.0575 e. The molecule has 0 aromatic rings. The van der Waals surface area contributed by atoms with Crippen molar-refractivity contribution in [2.24, 2.45) is 17.3 Å². The maximum Gasteiger partial charge on any atom is 0.0575 e. The predicted octanol–water partition coefficient (Wildman–Crippen LogP) is 6.75. The van der Waals surface area contributed by atoms with Crippen LogP contribution >= 0.6 is 0 Å². The lowest BCUT2D eigenvalue weighted by atomic mass is 9.64. The van der Waals surface area contributed by atoms with Gasteiger partial charge in [-0.2, -0.15) is 0 Å². The first-order valence-electron chi connectivity index (χ1n) is 10.3. The third-order valence-electron chi connectivity index (χ3n) is 6.56. The van der Waals surface area contributed by atoms with E-state index in [9.17, 15) is 0 Å². The Bertz CT molecular complexity index is 282. The van der Waals surface area contributed by atoms with Gasteiger partial charge in [-0.05, 0) is 81.5 Å². The van der Waals surface area contributed by atoms with E-state index >= 15 is 0 Å². The van der Waals surface area contributed by atoms with Crippen molar-refractivity contribution in [2.75, 3.05) is 6.61 Å². The van der Waals surface area contributed by atoms with Crippen LogP contribution in [0.3, 0.4) is 0 Å². The van der Waals surface area contributed by atoms with Crippen LogP contribution in [0.5, 0.6) is 0 Å². The van der Waals surface area contributed by atoms with Gasteiger partial charge in [0.2, 0.25) is 0 Å². The average Bonchev–Trinajstić information content (AvgIpc) is 2.54. The van der Waals surface area contributed by atoms with Crippen molar-refractivity contribution in [1.29, 1.82) is 0 Å². The number of hydrogen-bond acceptors (Lipinski definition) is 1. The van der Waals surface area contributed by atoms with E-state index < -0.39 is 0 Å². The molecular formula is C21H40O. The Morgan fingerprint density at radius 3 is 2.05 bits per heavy atom. The molecule has 2 saturated carbocycles. The van der Waals surface area contributed by atoms with Crippen LogP contribution in [-0.4, -0.2) is 12.7 Å². The average molecular weight is 309 g/mol. The number of rotatable bonds is 8. The normalized spacial score (nSPS) is 36.4. The standard InChI is InChI=1S/C21H40O/c1-4-6-7-14-21(3)15-12-19(13-16-21)18-8-10-20(11-9-18)22-17-5-2/h18-20H,4-17H2,1-3H3/t18?,19-,20?,21-. The van der Waals surface area contributed by atoms with E-state index in [1.165, 1.54) is 83.5 Å². The molecule has 0 N–H and O–H groups in total. The van der Waals surface area contributed by atoms with Gasteiger partial charge >= 0.3 is 0 Å². The minimum Gasteiger partial charge on any atom is -0.378 e. The molecule has 22 heavy (non-hydrogen) atoms. The molecule has 2 aliphatic carbocycles. The Morgan fingerprint density at radius 1 is 0.818 bits per heavy atom. The Labute approximate surface area is 139 Å². The Balaban J connectivity index is 1.67. The maximum absolute atomic E-state index is 5.96. The van der Waals surface area contributed by atoms with Gasteiger partial charge in [0, 0.05) is 6.61 Å². The SMILES string of the molecule is CCCCC[C@]1(C)CC[C@@H](C2CCC(OCCC)CC2)CC1. The molecule has 0 spiro atoms. The third kappa shape index (κ3) is 5.55. The molecule has 0 aliphatic heterocycles. The molecule has 2 fully saturated rings. The molecule has 0 bridgehead atoms. The van der Waals surface area contributed by atoms with E-state index in [1.807, 2.05) is 0 Å². The highest BCUT2D eigenvalue weighted by Crippen LogP contribution is 2.47. The van der Waals surface area contributed by atoms with E-state index in [1.54, 1.807) is 0 Å². The van der Waals surface area contributed by atoms with Crippen molar-refractivity contribution in [3.63, 3.8) is 0 Å². The van der Waals surface area contributed by atoms with E-state index in [4.69, 9.17) is 4.74 Å². The monoisotopic (exact) mass is 308 g/mol. The molecule has 2 rings (SSSR count). The molecule has 0 atom stereocenters. The van der Waals surface area contributed by atoms with Gasteiger partial charge in [0.1, 0.15) is 0 Å². The van der Waals surface area contributed by atoms with Crippen molar-refractivity contribution < 1.29 is 4.74 Å². The summed E-state index contributed by atoms with van der Waals surface area (Å²) in [6.45, 7) is 8.06. The van der Waals surface area contributed by atoms with Crippen molar-refractivity contribution in [2.45, 2.75) is 110 Å². The van der Waals surface area contributed by atoms with Crippen LogP contribution < -0.4 is 0 Å². The number of hydrogen-bond donors (Lipinski definition) is 0. The van der Waals surface area contributed by atoms with Crippen LogP contribution in [0, 0.1) is 17.3 Å². The highest BCUT2D eigenvalue weighted by Gasteiger charge is 2.35. The minimum atomic E-state index is 0.583. The molecular weight excluding hydrogens is 268 g/mol.